The third kappa shape index (κ3) is 8.89. The second kappa shape index (κ2) is 14.2. The van der Waals surface area contributed by atoms with Gasteiger partial charge in [0.1, 0.15) is 5.82 Å². The fraction of sp³-hybridized carbons (Fsp3) is 0.440. The molecule has 2 aliphatic rings. The molecule has 0 bridgehead atoms. The molecule has 2 N–H and O–H groups in total. The Labute approximate surface area is 224 Å². The topological polar surface area (TPSA) is 113 Å². The smallest absolute Gasteiger partial charge is 0.337 e. The minimum atomic E-state index is -0.823. The molecule has 1 fully saturated rings. The normalized spacial score (nSPS) is 18.7. The maximum atomic E-state index is 12.4. The van der Waals surface area contributed by atoms with Crippen LogP contribution in [0.4, 0.5) is 4.39 Å². The summed E-state index contributed by atoms with van der Waals surface area (Å²) in [7, 11) is 0. The maximum absolute atomic E-state index is 12.4. The van der Waals surface area contributed by atoms with E-state index in [-0.39, 0.29) is 24.4 Å². The molecule has 1 aromatic carbocycles. The maximum Gasteiger partial charge on any atom is 0.337 e. The lowest BCUT2D eigenvalue weighted by Crippen LogP contribution is -2.47. The summed E-state index contributed by atoms with van der Waals surface area (Å²) in [6.07, 6.45) is 2.01. The van der Waals surface area contributed by atoms with Crippen LogP contribution in [0.15, 0.2) is 52.1 Å². The van der Waals surface area contributed by atoms with Crippen LogP contribution in [0.5, 0.6) is 0 Å². The molecule has 1 saturated heterocycles. The number of carbonyl (C=O) groups is 2. The van der Waals surface area contributed by atoms with E-state index in [2.05, 4.69) is 20.2 Å². The van der Waals surface area contributed by atoms with Crippen LogP contribution >= 0.6 is 22.9 Å². The predicted octanol–water partition coefficient (Wildman–Crippen LogP) is 3.60. The molecule has 4 rings (SSSR count). The van der Waals surface area contributed by atoms with Crippen molar-refractivity contribution in [2.45, 2.75) is 26.4 Å². The molecule has 2 aromatic rings. The van der Waals surface area contributed by atoms with Gasteiger partial charge in [0.2, 0.25) is 0 Å². The van der Waals surface area contributed by atoms with Crippen molar-refractivity contribution < 1.29 is 28.6 Å². The number of halogens is 2. The van der Waals surface area contributed by atoms with Crippen LogP contribution in [-0.2, 0) is 19.1 Å². The zero-order valence-electron chi connectivity index (χ0n) is 20.7. The Morgan fingerprint density at radius 2 is 2.24 bits per heavy atom. The summed E-state index contributed by atoms with van der Waals surface area (Å²) < 4.78 is 23.0. The van der Waals surface area contributed by atoms with Gasteiger partial charge in [-0.2, -0.15) is 0 Å². The van der Waals surface area contributed by atoms with E-state index >= 15 is 0 Å². The zero-order chi connectivity index (χ0) is 26.8. The Balaban J connectivity index is 0.000000405. The molecule has 0 saturated carbocycles. The van der Waals surface area contributed by atoms with E-state index in [0.717, 1.165) is 10.7 Å². The number of aliphatic imine (C=N–C) groups is 1. The lowest BCUT2D eigenvalue weighted by molar-refractivity contribution is -0.143. The van der Waals surface area contributed by atoms with E-state index < -0.39 is 11.9 Å². The number of carboxylic acid groups (broad SMARTS) is 1. The summed E-state index contributed by atoms with van der Waals surface area (Å²) in [5.74, 6) is -1.31. The molecule has 0 aliphatic carbocycles. The van der Waals surface area contributed by atoms with Gasteiger partial charge in [0.05, 0.1) is 37.4 Å². The van der Waals surface area contributed by atoms with Gasteiger partial charge in [0.25, 0.3) is 0 Å². The standard InChI is InChI=1S/C19H26N4O5S.C6H4ClF/c1-3-27-19(26)14-9-21-16(17-20-4-7-29-17)22-15(14)11-23-5-6-28-13(10-23)8-12(2)18(24)25;7-5-2-1-3-6(8)4-5/h4,7,12-13H,3,5-6,8-11H2,1-2H3,(H,21,22)(H,24,25);1-4H/t12?,13-;/m1./s1. The summed E-state index contributed by atoms with van der Waals surface area (Å²) in [6, 6.07) is 5.82. The Kier molecular flexibility index (Phi) is 11.0. The van der Waals surface area contributed by atoms with Crippen LogP contribution in [0, 0.1) is 11.7 Å². The molecule has 1 unspecified atom stereocenters. The average molecular weight is 553 g/mol. The number of hydrogen-bond donors (Lipinski definition) is 2. The number of thiazole rings is 1. The first kappa shape index (κ1) is 28.7. The number of carbonyl (C=O) groups excluding carboxylic acids is 1. The van der Waals surface area contributed by atoms with E-state index in [4.69, 9.17) is 26.2 Å². The molecule has 12 heteroatoms. The average Bonchev–Trinajstić information content (AvgIpc) is 3.40. The number of aromatic nitrogens is 1. The minimum Gasteiger partial charge on any atom is -0.481 e. The number of ether oxygens (including phenoxy) is 2. The Morgan fingerprint density at radius 3 is 2.86 bits per heavy atom. The van der Waals surface area contributed by atoms with Gasteiger partial charge in [-0.3, -0.25) is 14.7 Å². The van der Waals surface area contributed by atoms with Gasteiger partial charge < -0.3 is 19.9 Å². The van der Waals surface area contributed by atoms with Gasteiger partial charge in [-0.1, -0.05) is 24.6 Å². The van der Waals surface area contributed by atoms with Crippen LogP contribution in [0.2, 0.25) is 5.02 Å². The molecule has 2 aliphatic heterocycles. The largest absolute Gasteiger partial charge is 0.481 e. The van der Waals surface area contributed by atoms with Gasteiger partial charge in [-0.25, -0.2) is 14.2 Å². The summed E-state index contributed by atoms with van der Waals surface area (Å²) in [6.45, 7) is 6.31. The number of hydrogen-bond acceptors (Lipinski definition) is 9. The second-order valence-electron chi connectivity index (χ2n) is 8.45. The highest BCUT2D eigenvalue weighted by Crippen LogP contribution is 2.19. The molecule has 200 valence electrons. The summed E-state index contributed by atoms with van der Waals surface area (Å²) in [4.78, 5) is 34.5. The van der Waals surface area contributed by atoms with Crippen molar-refractivity contribution in [3.63, 3.8) is 0 Å². The number of rotatable bonds is 8. The monoisotopic (exact) mass is 552 g/mol. The number of nitrogens with one attached hydrogen (secondary N) is 1. The molecule has 3 heterocycles. The quantitative estimate of drug-likeness (QED) is 0.478. The van der Waals surface area contributed by atoms with Crippen LogP contribution in [0.1, 0.15) is 25.3 Å². The highest BCUT2D eigenvalue weighted by atomic mass is 35.5. The number of morpholine rings is 1. The summed E-state index contributed by atoms with van der Waals surface area (Å²) in [5.41, 5.74) is 1.25. The van der Waals surface area contributed by atoms with Crippen molar-refractivity contribution in [2.24, 2.45) is 10.9 Å². The first-order valence-corrected chi connectivity index (χ1v) is 13.1. The molecule has 0 radical (unpaired) electrons. The van der Waals surface area contributed by atoms with Gasteiger partial charge in [-0.05, 0) is 31.5 Å². The fourth-order valence-corrected chi connectivity index (χ4v) is 4.54. The van der Waals surface area contributed by atoms with Crippen LogP contribution < -0.4 is 5.32 Å². The lowest BCUT2D eigenvalue weighted by atomic mass is 10.0. The van der Waals surface area contributed by atoms with Crippen molar-refractivity contribution >= 4 is 40.7 Å². The molecule has 9 nitrogen and oxygen atoms in total. The van der Waals surface area contributed by atoms with E-state index in [9.17, 15) is 14.0 Å². The summed E-state index contributed by atoms with van der Waals surface area (Å²) >= 11 is 6.88. The SMILES string of the molecule is CCOC(=O)C1=C(CN2CCO[C@H](CC(C)C(=O)O)C2)NC(c2nccs2)=NC1.Fc1cccc(Cl)c1. The number of nitrogens with zero attached hydrogens (tertiary/aromatic N) is 3. The first-order chi connectivity index (χ1) is 17.8. The Bertz CT molecular complexity index is 1110. The van der Waals surface area contributed by atoms with Crippen LogP contribution in [0.25, 0.3) is 0 Å². The number of carboxylic acids is 1. The van der Waals surface area contributed by atoms with Crippen molar-refractivity contribution in [1.82, 2.24) is 15.2 Å². The van der Waals surface area contributed by atoms with Crippen LogP contribution in [-0.4, -0.2) is 78.3 Å². The summed E-state index contributed by atoms with van der Waals surface area (Å²) in [5, 5.41) is 15.5. The second-order valence-corrected chi connectivity index (χ2v) is 9.78. The Morgan fingerprint density at radius 1 is 1.43 bits per heavy atom. The molecule has 2 atom stereocenters. The highest BCUT2D eigenvalue weighted by molar-refractivity contribution is 7.11. The van der Waals surface area contributed by atoms with E-state index in [1.54, 1.807) is 32.2 Å². The molecule has 37 heavy (non-hydrogen) atoms. The van der Waals surface area contributed by atoms with Crippen molar-refractivity contribution in [3.8, 4) is 0 Å². The van der Waals surface area contributed by atoms with Crippen molar-refractivity contribution in [2.75, 3.05) is 39.4 Å². The number of benzene rings is 1. The molecule has 1 aromatic heterocycles. The molecular formula is C25H30ClFN4O5S. The lowest BCUT2D eigenvalue weighted by Gasteiger charge is -2.35. The minimum absolute atomic E-state index is 0.155. The van der Waals surface area contributed by atoms with Crippen molar-refractivity contribution in [1.29, 1.82) is 0 Å². The third-order valence-corrected chi connectivity index (χ3v) is 6.63. The Hall–Kier alpha value is -2.86. The van der Waals surface area contributed by atoms with Gasteiger partial charge >= 0.3 is 11.9 Å². The zero-order valence-corrected chi connectivity index (χ0v) is 22.2. The molecular weight excluding hydrogens is 523 g/mol. The number of esters is 1. The predicted molar refractivity (Wildman–Crippen MR) is 139 cm³/mol. The van der Waals surface area contributed by atoms with Crippen molar-refractivity contribution in [3.05, 3.63) is 63.0 Å². The third-order valence-electron chi connectivity index (χ3n) is 5.61. The number of aliphatic carboxylic acids is 1. The van der Waals surface area contributed by atoms with E-state index in [1.165, 1.54) is 23.5 Å². The molecule has 0 amide bonds. The van der Waals surface area contributed by atoms with Crippen LogP contribution in [0.3, 0.4) is 0 Å². The number of amidine groups is 1. The molecule has 0 spiro atoms. The van der Waals surface area contributed by atoms with E-state index in [1.807, 2.05) is 5.38 Å². The fourth-order valence-electron chi connectivity index (χ4n) is 3.76. The van der Waals surface area contributed by atoms with Gasteiger partial charge in [0, 0.05) is 41.9 Å². The first-order valence-electron chi connectivity index (χ1n) is 11.8. The van der Waals surface area contributed by atoms with E-state index in [0.29, 0.717) is 55.7 Å². The van der Waals surface area contributed by atoms with Gasteiger partial charge in [0.15, 0.2) is 10.8 Å². The van der Waals surface area contributed by atoms with Gasteiger partial charge in [-0.15, -0.1) is 11.3 Å². The highest BCUT2D eigenvalue weighted by Gasteiger charge is 2.29.